The fourth-order valence-electron chi connectivity index (χ4n) is 4.12. The van der Waals surface area contributed by atoms with Gasteiger partial charge in [-0.25, -0.2) is 0 Å². The summed E-state index contributed by atoms with van der Waals surface area (Å²) in [5, 5.41) is 38.3. The second-order valence-corrected chi connectivity index (χ2v) is 6.54. The molecule has 7 heteroatoms. The van der Waals surface area contributed by atoms with E-state index in [1.54, 1.807) is 31.2 Å². The van der Waals surface area contributed by atoms with Gasteiger partial charge in [0.15, 0.2) is 5.41 Å². The minimum atomic E-state index is -1.91. The van der Waals surface area contributed by atoms with E-state index in [-0.39, 0.29) is 5.90 Å². The standard InChI is InChI=1S/C19H18N4O3/c1-4-19-12(2)18(11-22,16(23)26-19)17(9-20,10-21)15(25-19)13-5-7-14(24-3)8-6-13/h5-8,12,15,23H,4H2,1-3H3/t12-,15-,18-,19-/m1/s1. The Kier molecular flexibility index (Phi) is 3.91. The third kappa shape index (κ3) is 1.80. The van der Waals surface area contributed by atoms with Crippen LogP contribution >= 0.6 is 0 Å². The van der Waals surface area contributed by atoms with E-state index in [1.807, 2.05) is 19.1 Å². The second kappa shape index (κ2) is 5.73. The van der Waals surface area contributed by atoms with Crippen molar-refractivity contribution < 1.29 is 14.2 Å². The maximum atomic E-state index is 10.0. The van der Waals surface area contributed by atoms with Crippen molar-refractivity contribution in [1.82, 2.24) is 0 Å². The van der Waals surface area contributed by atoms with Gasteiger partial charge < -0.3 is 14.2 Å². The van der Waals surface area contributed by atoms with Gasteiger partial charge in [-0.2, -0.15) is 15.8 Å². The summed E-state index contributed by atoms with van der Waals surface area (Å²) in [6.45, 7) is 3.52. The zero-order valence-corrected chi connectivity index (χ0v) is 14.7. The van der Waals surface area contributed by atoms with Crippen LogP contribution in [0, 0.1) is 56.2 Å². The van der Waals surface area contributed by atoms with Crippen LogP contribution in [0.3, 0.4) is 0 Å². The Hall–Kier alpha value is -3.08. The lowest BCUT2D eigenvalue weighted by Gasteiger charge is -2.48. The van der Waals surface area contributed by atoms with E-state index in [9.17, 15) is 15.8 Å². The first-order valence-corrected chi connectivity index (χ1v) is 8.25. The number of rotatable bonds is 3. The van der Waals surface area contributed by atoms with Crippen molar-refractivity contribution in [1.29, 1.82) is 21.2 Å². The topological polar surface area (TPSA) is 123 Å². The maximum absolute atomic E-state index is 10.0. The number of nitriles is 3. The van der Waals surface area contributed by atoms with E-state index in [0.717, 1.165) is 0 Å². The molecule has 2 heterocycles. The summed E-state index contributed by atoms with van der Waals surface area (Å²) in [5.41, 5.74) is -3.08. The molecule has 0 spiro atoms. The fraction of sp³-hybridized carbons (Fsp3) is 0.474. The Morgan fingerprint density at radius 1 is 1.15 bits per heavy atom. The lowest BCUT2D eigenvalue weighted by atomic mass is 9.53. The van der Waals surface area contributed by atoms with Crippen molar-refractivity contribution >= 4 is 5.90 Å². The number of nitrogens with zero attached hydrogens (tertiary/aromatic N) is 3. The average molecular weight is 350 g/mol. The van der Waals surface area contributed by atoms with E-state index in [0.29, 0.717) is 17.7 Å². The SMILES string of the molecule is CC[C@@]12OC(=N)[C@@](C#N)([C@H]1C)C(C#N)(C#N)[C@@H](c1ccc(OC)cc1)O2. The number of hydrogen-bond acceptors (Lipinski definition) is 7. The van der Waals surface area contributed by atoms with Crippen LogP contribution in [0.1, 0.15) is 31.9 Å². The largest absolute Gasteiger partial charge is 0.497 e. The molecule has 1 aromatic carbocycles. The highest BCUT2D eigenvalue weighted by Crippen LogP contribution is 2.66. The zero-order chi connectivity index (χ0) is 19.2. The van der Waals surface area contributed by atoms with Gasteiger partial charge in [-0.1, -0.05) is 26.0 Å². The van der Waals surface area contributed by atoms with Crippen LogP contribution in [0.5, 0.6) is 5.75 Å². The first-order valence-electron chi connectivity index (χ1n) is 8.25. The molecule has 1 aromatic rings. The summed E-state index contributed by atoms with van der Waals surface area (Å²) >= 11 is 0. The lowest BCUT2D eigenvalue weighted by Crippen LogP contribution is -2.58. The summed E-state index contributed by atoms with van der Waals surface area (Å²) in [7, 11) is 1.54. The van der Waals surface area contributed by atoms with Crippen LogP contribution < -0.4 is 4.74 Å². The van der Waals surface area contributed by atoms with Crippen molar-refractivity contribution in [2.75, 3.05) is 7.11 Å². The summed E-state index contributed by atoms with van der Waals surface area (Å²) in [6, 6.07) is 12.9. The first-order chi connectivity index (χ1) is 12.4. The minimum Gasteiger partial charge on any atom is -0.497 e. The Bertz CT molecular complexity index is 862. The minimum absolute atomic E-state index is 0.375. The van der Waals surface area contributed by atoms with Crippen molar-refractivity contribution in [3.63, 3.8) is 0 Å². The molecule has 2 aliphatic rings. The van der Waals surface area contributed by atoms with Gasteiger partial charge in [-0.05, 0) is 17.7 Å². The van der Waals surface area contributed by atoms with Gasteiger partial charge in [0.2, 0.25) is 17.1 Å². The third-order valence-electron chi connectivity index (χ3n) is 5.72. The molecule has 0 aromatic heterocycles. The number of methoxy groups -OCH3 is 1. The predicted octanol–water partition coefficient (Wildman–Crippen LogP) is 3.06. The molecule has 3 rings (SSSR count). The first kappa shape index (κ1) is 17.7. The van der Waals surface area contributed by atoms with Crippen LogP contribution in [0.25, 0.3) is 0 Å². The Morgan fingerprint density at radius 2 is 1.77 bits per heavy atom. The van der Waals surface area contributed by atoms with Gasteiger partial charge in [-0.3, -0.25) is 5.41 Å². The maximum Gasteiger partial charge on any atom is 0.217 e. The van der Waals surface area contributed by atoms with Gasteiger partial charge >= 0.3 is 0 Å². The van der Waals surface area contributed by atoms with Gasteiger partial charge in [0.1, 0.15) is 11.9 Å². The summed E-state index contributed by atoms with van der Waals surface area (Å²) in [6.07, 6.45) is -0.665. The van der Waals surface area contributed by atoms with Crippen LogP contribution in [0.4, 0.5) is 0 Å². The van der Waals surface area contributed by atoms with Crippen molar-refractivity contribution in [3.8, 4) is 24.0 Å². The van der Waals surface area contributed by atoms with E-state index in [1.165, 1.54) is 7.11 Å². The Balaban J connectivity index is 2.28. The predicted molar refractivity (Wildman–Crippen MR) is 89.5 cm³/mol. The van der Waals surface area contributed by atoms with Gasteiger partial charge in [-0.15, -0.1) is 0 Å². The van der Waals surface area contributed by atoms with Crippen molar-refractivity contribution in [2.24, 2.45) is 16.7 Å². The van der Waals surface area contributed by atoms with Crippen LogP contribution in [0.15, 0.2) is 24.3 Å². The van der Waals surface area contributed by atoms with Gasteiger partial charge in [0.05, 0.1) is 31.2 Å². The van der Waals surface area contributed by atoms with Crippen LogP contribution in [-0.4, -0.2) is 18.8 Å². The molecule has 2 bridgehead atoms. The molecule has 0 saturated carbocycles. The molecule has 0 radical (unpaired) electrons. The fourth-order valence-corrected chi connectivity index (χ4v) is 4.12. The third-order valence-corrected chi connectivity index (χ3v) is 5.72. The molecular formula is C19H18N4O3. The number of benzene rings is 1. The zero-order valence-electron chi connectivity index (χ0n) is 14.7. The highest BCUT2D eigenvalue weighted by Gasteiger charge is 2.78. The van der Waals surface area contributed by atoms with Crippen molar-refractivity contribution in [2.45, 2.75) is 32.2 Å². The molecule has 2 saturated heterocycles. The van der Waals surface area contributed by atoms with E-state index < -0.39 is 28.6 Å². The molecule has 2 fully saturated rings. The average Bonchev–Trinajstić information content (AvgIpc) is 2.84. The Morgan fingerprint density at radius 3 is 2.23 bits per heavy atom. The Labute approximate surface area is 151 Å². The van der Waals surface area contributed by atoms with E-state index in [2.05, 4.69) is 6.07 Å². The van der Waals surface area contributed by atoms with Crippen LogP contribution in [-0.2, 0) is 9.47 Å². The molecule has 7 nitrogen and oxygen atoms in total. The molecule has 1 N–H and O–H groups in total. The molecule has 0 unspecified atom stereocenters. The summed E-state index contributed by atoms with van der Waals surface area (Å²) < 4.78 is 17.0. The monoisotopic (exact) mass is 350 g/mol. The summed E-state index contributed by atoms with van der Waals surface area (Å²) in [4.78, 5) is 0. The molecule has 132 valence electrons. The number of hydrogen-bond donors (Lipinski definition) is 1. The molecule has 2 aliphatic heterocycles. The van der Waals surface area contributed by atoms with E-state index >= 15 is 0 Å². The van der Waals surface area contributed by atoms with Crippen LogP contribution in [0.2, 0.25) is 0 Å². The highest BCUT2D eigenvalue weighted by molar-refractivity contribution is 5.89. The smallest absolute Gasteiger partial charge is 0.217 e. The highest BCUT2D eigenvalue weighted by atomic mass is 16.7. The van der Waals surface area contributed by atoms with Gasteiger partial charge in [0.25, 0.3) is 0 Å². The number of nitrogens with one attached hydrogen (secondary N) is 1. The molecule has 0 aliphatic carbocycles. The molecule has 4 atom stereocenters. The normalized spacial score (nSPS) is 34.1. The van der Waals surface area contributed by atoms with Crippen molar-refractivity contribution in [3.05, 3.63) is 29.8 Å². The second-order valence-electron chi connectivity index (χ2n) is 6.54. The number of ether oxygens (including phenoxy) is 3. The molecular weight excluding hydrogens is 332 g/mol. The lowest BCUT2D eigenvalue weighted by molar-refractivity contribution is -0.280. The number of fused-ring (bicyclic) bond motifs is 2. The van der Waals surface area contributed by atoms with Gasteiger partial charge in [0, 0.05) is 6.42 Å². The quantitative estimate of drug-likeness (QED) is 0.893. The molecule has 26 heavy (non-hydrogen) atoms. The van der Waals surface area contributed by atoms with E-state index in [4.69, 9.17) is 19.6 Å². The molecule has 0 amide bonds. The summed E-state index contributed by atoms with van der Waals surface area (Å²) in [5.74, 6) is -1.64.